The number of carbonyl (C=O) groups is 1. The lowest BCUT2D eigenvalue weighted by Crippen LogP contribution is -2.48. The molecule has 0 fully saturated rings. The molecular formula is C15H18N4O3S. The molecule has 0 saturated heterocycles. The zero-order valence-electron chi connectivity index (χ0n) is 12.6. The van der Waals surface area contributed by atoms with E-state index >= 15 is 0 Å². The number of benzene rings is 1. The molecule has 1 aromatic carbocycles. The number of amides is 1. The largest absolute Gasteiger partial charge is 0.497 e. The third-order valence-corrected chi connectivity index (χ3v) is 3.11. The molecule has 122 valence electrons. The summed E-state index contributed by atoms with van der Waals surface area (Å²) in [7, 11) is 1.60. The second kappa shape index (κ2) is 8.64. The number of anilines is 1. The minimum Gasteiger partial charge on any atom is -0.497 e. The number of hydrogen-bond acceptors (Lipinski definition) is 5. The zero-order chi connectivity index (χ0) is 16.5. The summed E-state index contributed by atoms with van der Waals surface area (Å²) >= 11 is 5.04. The van der Waals surface area contributed by atoms with Gasteiger partial charge in [0.2, 0.25) is 0 Å². The Hall–Kier alpha value is -2.74. The topological polar surface area (TPSA) is 87.6 Å². The summed E-state index contributed by atoms with van der Waals surface area (Å²) in [6.07, 6.45) is 1.58. The lowest BCUT2D eigenvalue weighted by atomic mass is 10.3. The van der Waals surface area contributed by atoms with Crippen LogP contribution < -0.4 is 26.2 Å². The minimum atomic E-state index is -0.247. The summed E-state index contributed by atoms with van der Waals surface area (Å²) in [6.45, 7) is 0.554. The van der Waals surface area contributed by atoms with Crippen molar-refractivity contribution in [2.24, 2.45) is 0 Å². The Kier molecular flexibility index (Phi) is 6.25. The monoisotopic (exact) mass is 334 g/mol. The lowest BCUT2D eigenvalue weighted by molar-refractivity contribution is -0.119. The Morgan fingerprint density at radius 2 is 2.00 bits per heavy atom. The van der Waals surface area contributed by atoms with Crippen LogP contribution in [0.25, 0.3) is 0 Å². The van der Waals surface area contributed by atoms with Gasteiger partial charge in [-0.3, -0.25) is 15.6 Å². The summed E-state index contributed by atoms with van der Waals surface area (Å²) in [5.74, 6) is 1.26. The number of thiocarbonyl (C=S) groups is 1. The van der Waals surface area contributed by atoms with Gasteiger partial charge in [0, 0.05) is 5.69 Å². The molecule has 0 bridgehead atoms. The molecule has 2 rings (SSSR count). The van der Waals surface area contributed by atoms with Gasteiger partial charge in [-0.05, 0) is 48.6 Å². The highest BCUT2D eigenvalue weighted by Crippen LogP contribution is 2.14. The smallest absolute Gasteiger partial charge is 0.257 e. The number of nitrogens with one attached hydrogen (secondary N) is 4. The van der Waals surface area contributed by atoms with Crippen molar-refractivity contribution >= 4 is 28.9 Å². The predicted molar refractivity (Wildman–Crippen MR) is 90.9 cm³/mol. The highest BCUT2D eigenvalue weighted by atomic mass is 32.1. The van der Waals surface area contributed by atoms with Crippen molar-refractivity contribution in [1.82, 2.24) is 16.2 Å². The molecule has 4 N–H and O–H groups in total. The highest BCUT2D eigenvalue weighted by Gasteiger charge is 2.03. The fraction of sp³-hybridized carbons (Fsp3) is 0.200. The lowest BCUT2D eigenvalue weighted by Gasteiger charge is -2.11. The summed E-state index contributed by atoms with van der Waals surface area (Å²) in [6, 6.07) is 10.9. The Balaban J connectivity index is 1.63. The zero-order valence-corrected chi connectivity index (χ0v) is 13.4. The molecule has 0 atom stereocenters. The van der Waals surface area contributed by atoms with Crippen molar-refractivity contribution < 1.29 is 13.9 Å². The Labute approximate surface area is 139 Å². The number of ether oxygens (including phenoxy) is 1. The van der Waals surface area contributed by atoms with Crippen LogP contribution in [0.4, 0.5) is 5.69 Å². The first-order chi connectivity index (χ1) is 11.2. The molecule has 23 heavy (non-hydrogen) atoms. The van der Waals surface area contributed by atoms with Crippen LogP contribution in [0.2, 0.25) is 0 Å². The predicted octanol–water partition coefficient (Wildman–Crippen LogP) is 1.40. The van der Waals surface area contributed by atoms with E-state index in [1.165, 1.54) is 0 Å². The SMILES string of the molecule is COc1ccc(NCC(=O)NNC(=S)NCc2ccco2)cc1. The van der Waals surface area contributed by atoms with Crippen molar-refractivity contribution in [3.63, 3.8) is 0 Å². The number of carbonyl (C=O) groups excluding carboxylic acids is 1. The fourth-order valence-electron chi connectivity index (χ4n) is 1.69. The van der Waals surface area contributed by atoms with E-state index in [4.69, 9.17) is 21.4 Å². The number of methoxy groups -OCH3 is 1. The van der Waals surface area contributed by atoms with Crippen molar-refractivity contribution in [2.45, 2.75) is 6.54 Å². The Morgan fingerprint density at radius 1 is 1.22 bits per heavy atom. The normalized spacial score (nSPS) is 9.78. The van der Waals surface area contributed by atoms with Crippen LogP contribution >= 0.6 is 12.2 Å². The number of hydrogen-bond donors (Lipinski definition) is 4. The summed E-state index contributed by atoms with van der Waals surface area (Å²) in [5, 5.41) is 6.20. The van der Waals surface area contributed by atoms with Crippen LogP contribution in [0.15, 0.2) is 47.1 Å². The first-order valence-corrected chi connectivity index (χ1v) is 7.31. The third kappa shape index (κ3) is 5.87. The van der Waals surface area contributed by atoms with Crippen LogP contribution in [0.1, 0.15) is 5.76 Å². The average Bonchev–Trinajstić information content (AvgIpc) is 3.10. The first-order valence-electron chi connectivity index (χ1n) is 6.90. The second-order valence-corrected chi connectivity index (χ2v) is 4.93. The van der Waals surface area contributed by atoms with Gasteiger partial charge < -0.3 is 19.8 Å². The second-order valence-electron chi connectivity index (χ2n) is 4.52. The average molecular weight is 334 g/mol. The molecule has 0 aliphatic heterocycles. The minimum absolute atomic E-state index is 0.111. The Bertz CT molecular complexity index is 629. The van der Waals surface area contributed by atoms with E-state index in [0.29, 0.717) is 11.7 Å². The molecule has 0 unspecified atom stereocenters. The van der Waals surface area contributed by atoms with Crippen molar-refractivity contribution in [1.29, 1.82) is 0 Å². The van der Waals surface area contributed by atoms with E-state index in [0.717, 1.165) is 17.2 Å². The molecule has 0 spiro atoms. The molecule has 0 aliphatic rings. The van der Waals surface area contributed by atoms with Crippen molar-refractivity contribution in [3.05, 3.63) is 48.4 Å². The number of hydrazine groups is 1. The molecule has 1 heterocycles. The molecule has 1 amide bonds. The van der Waals surface area contributed by atoms with Gasteiger partial charge in [0.25, 0.3) is 5.91 Å². The van der Waals surface area contributed by atoms with E-state index < -0.39 is 0 Å². The van der Waals surface area contributed by atoms with E-state index in [-0.39, 0.29) is 12.5 Å². The molecule has 0 saturated carbocycles. The van der Waals surface area contributed by atoms with Crippen LogP contribution in [-0.4, -0.2) is 24.7 Å². The van der Waals surface area contributed by atoms with Gasteiger partial charge in [-0.25, -0.2) is 0 Å². The van der Waals surface area contributed by atoms with Gasteiger partial charge >= 0.3 is 0 Å². The van der Waals surface area contributed by atoms with Gasteiger partial charge in [0.05, 0.1) is 26.5 Å². The molecule has 7 nitrogen and oxygen atoms in total. The van der Waals surface area contributed by atoms with Crippen LogP contribution in [0.3, 0.4) is 0 Å². The van der Waals surface area contributed by atoms with Gasteiger partial charge in [0.15, 0.2) is 5.11 Å². The molecule has 1 aromatic heterocycles. The summed E-state index contributed by atoms with van der Waals surface area (Å²) in [4.78, 5) is 11.7. The maximum atomic E-state index is 11.7. The van der Waals surface area contributed by atoms with Crippen LogP contribution in [0, 0.1) is 0 Å². The maximum Gasteiger partial charge on any atom is 0.257 e. The van der Waals surface area contributed by atoms with E-state index in [2.05, 4.69) is 21.5 Å². The molecular weight excluding hydrogens is 316 g/mol. The van der Waals surface area contributed by atoms with E-state index in [1.54, 1.807) is 19.4 Å². The molecule has 0 aliphatic carbocycles. The molecule has 8 heteroatoms. The third-order valence-electron chi connectivity index (χ3n) is 2.86. The molecule has 0 radical (unpaired) electrons. The maximum absolute atomic E-state index is 11.7. The summed E-state index contributed by atoms with van der Waals surface area (Å²) < 4.78 is 10.2. The van der Waals surface area contributed by atoms with Gasteiger partial charge in [0.1, 0.15) is 11.5 Å². The van der Waals surface area contributed by atoms with Gasteiger partial charge in [-0.2, -0.15) is 0 Å². The summed E-state index contributed by atoms with van der Waals surface area (Å²) in [5.41, 5.74) is 5.93. The van der Waals surface area contributed by atoms with Gasteiger partial charge in [-0.1, -0.05) is 0 Å². The van der Waals surface area contributed by atoms with E-state index in [9.17, 15) is 4.79 Å². The quantitative estimate of drug-likeness (QED) is 0.469. The number of rotatable bonds is 6. The fourth-order valence-corrected chi connectivity index (χ4v) is 1.81. The van der Waals surface area contributed by atoms with Crippen molar-refractivity contribution in [2.75, 3.05) is 19.0 Å². The van der Waals surface area contributed by atoms with Gasteiger partial charge in [-0.15, -0.1) is 0 Å². The standard InChI is InChI=1S/C15H18N4O3S/c1-21-12-6-4-11(5-7-12)16-10-14(20)18-19-15(23)17-9-13-3-2-8-22-13/h2-8,16H,9-10H2,1H3,(H,18,20)(H2,17,19,23). The van der Waals surface area contributed by atoms with E-state index in [1.807, 2.05) is 30.3 Å². The van der Waals surface area contributed by atoms with Crippen LogP contribution in [0.5, 0.6) is 5.75 Å². The highest BCUT2D eigenvalue weighted by molar-refractivity contribution is 7.80. The molecule has 2 aromatic rings. The van der Waals surface area contributed by atoms with Crippen LogP contribution in [-0.2, 0) is 11.3 Å². The van der Waals surface area contributed by atoms with Crippen molar-refractivity contribution in [3.8, 4) is 5.75 Å². The number of furan rings is 1. The first kappa shape index (κ1) is 16.6. The Morgan fingerprint density at radius 3 is 2.65 bits per heavy atom.